The van der Waals surface area contributed by atoms with Crippen LogP contribution in [0.3, 0.4) is 0 Å². The normalized spacial score (nSPS) is 16.8. The minimum absolute atomic E-state index is 0.0218. The molecule has 36 heavy (non-hydrogen) atoms. The minimum Gasteiger partial charge on any atom is -0.507 e. The lowest BCUT2D eigenvalue weighted by molar-refractivity contribution is -0.140. The molecule has 0 radical (unpaired) electrons. The van der Waals surface area contributed by atoms with E-state index in [4.69, 9.17) is 9.47 Å². The summed E-state index contributed by atoms with van der Waals surface area (Å²) in [6.45, 7) is 2.08. The van der Waals surface area contributed by atoms with Crippen molar-refractivity contribution in [3.05, 3.63) is 99.3 Å². The highest BCUT2D eigenvalue weighted by molar-refractivity contribution is 9.10. The number of ketones is 1. The van der Waals surface area contributed by atoms with E-state index in [1.165, 1.54) is 12.0 Å². The van der Waals surface area contributed by atoms with Crippen molar-refractivity contribution in [2.24, 2.45) is 0 Å². The zero-order valence-corrected chi connectivity index (χ0v) is 21.2. The molecule has 0 saturated carbocycles. The van der Waals surface area contributed by atoms with Crippen LogP contribution in [0.1, 0.15) is 40.0 Å². The van der Waals surface area contributed by atoms with E-state index in [-0.39, 0.29) is 24.5 Å². The summed E-state index contributed by atoms with van der Waals surface area (Å²) in [5, 5.41) is 11.2. The molecule has 9 heteroatoms. The first-order chi connectivity index (χ1) is 17.3. The highest BCUT2D eigenvalue weighted by atomic mass is 79.9. The largest absolute Gasteiger partial charge is 0.507 e. The standard InChI is InChI=1S/C27H23BrN2O6/c1-3-36-27(34)18-6-4-16(5-7-18)15-30-23(17-10-12-29-13-11-17)22(25(32)26(30)33)24(31)19-8-9-21(35-2)20(28)14-19/h4-14,23,31H,3,15H2,1-2H3/b24-22-. The lowest BCUT2D eigenvalue weighted by Crippen LogP contribution is -2.29. The van der Waals surface area contributed by atoms with Crippen LogP contribution in [0.25, 0.3) is 5.76 Å². The first-order valence-corrected chi connectivity index (χ1v) is 11.9. The molecular formula is C27H23BrN2O6. The number of ether oxygens (including phenoxy) is 2. The number of rotatable bonds is 7. The van der Waals surface area contributed by atoms with Crippen molar-refractivity contribution in [3.63, 3.8) is 0 Å². The van der Waals surface area contributed by atoms with Crippen LogP contribution < -0.4 is 4.74 Å². The van der Waals surface area contributed by atoms with Crippen LogP contribution in [-0.4, -0.2) is 46.4 Å². The Morgan fingerprint density at radius 3 is 2.33 bits per heavy atom. The van der Waals surface area contributed by atoms with Crippen molar-refractivity contribution in [3.8, 4) is 5.75 Å². The molecule has 1 amide bonds. The Labute approximate surface area is 216 Å². The van der Waals surface area contributed by atoms with Gasteiger partial charge in [-0.25, -0.2) is 4.79 Å². The second-order valence-corrected chi connectivity index (χ2v) is 8.83. The summed E-state index contributed by atoms with van der Waals surface area (Å²) in [5.74, 6) is -1.70. The van der Waals surface area contributed by atoms with E-state index < -0.39 is 23.7 Å². The highest BCUT2D eigenvalue weighted by Gasteiger charge is 2.46. The molecule has 1 unspecified atom stereocenters. The molecule has 1 aromatic heterocycles. The zero-order chi connectivity index (χ0) is 25.8. The Balaban J connectivity index is 1.75. The van der Waals surface area contributed by atoms with Crippen LogP contribution in [0.5, 0.6) is 5.75 Å². The van der Waals surface area contributed by atoms with Gasteiger partial charge in [0.15, 0.2) is 0 Å². The van der Waals surface area contributed by atoms with E-state index in [0.717, 1.165) is 0 Å². The predicted octanol–water partition coefficient (Wildman–Crippen LogP) is 4.65. The maximum atomic E-state index is 13.2. The van der Waals surface area contributed by atoms with Gasteiger partial charge in [-0.05, 0) is 76.4 Å². The molecule has 0 bridgehead atoms. The number of hydrogen-bond acceptors (Lipinski definition) is 7. The molecule has 1 aliphatic rings. The van der Waals surface area contributed by atoms with Crippen molar-refractivity contribution < 1.29 is 29.0 Å². The molecule has 1 aliphatic heterocycles. The lowest BCUT2D eigenvalue weighted by atomic mass is 9.95. The van der Waals surface area contributed by atoms with Crippen molar-refractivity contribution in [1.29, 1.82) is 0 Å². The van der Waals surface area contributed by atoms with Crippen LogP contribution in [0.15, 0.2) is 77.0 Å². The minimum atomic E-state index is -0.835. The Bertz CT molecular complexity index is 1340. The maximum absolute atomic E-state index is 13.2. The Kier molecular flexibility index (Phi) is 7.49. The average Bonchev–Trinajstić information content (AvgIpc) is 3.14. The van der Waals surface area contributed by atoms with Gasteiger partial charge >= 0.3 is 5.97 Å². The van der Waals surface area contributed by atoms with Gasteiger partial charge in [-0.15, -0.1) is 0 Å². The van der Waals surface area contributed by atoms with Crippen molar-refractivity contribution in [1.82, 2.24) is 9.88 Å². The number of nitrogens with zero attached hydrogens (tertiary/aromatic N) is 2. The number of hydrogen-bond donors (Lipinski definition) is 1. The van der Waals surface area contributed by atoms with Gasteiger partial charge in [0.05, 0.1) is 35.4 Å². The number of aromatic nitrogens is 1. The summed E-state index contributed by atoms with van der Waals surface area (Å²) in [6.07, 6.45) is 3.13. The maximum Gasteiger partial charge on any atom is 0.338 e. The van der Waals surface area contributed by atoms with Crippen molar-refractivity contribution in [2.75, 3.05) is 13.7 Å². The van der Waals surface area contributed by atoms with E-state index in [2.05, 4.69) is 20.9 Å². The van der Waals surface area contributed by atoms with Crippen LogP contribution in [0.4, 0.5) is 0 Å². The summed E-state index contributed by atoms with van der Waals surface area (Å²) in [6, 6.07) is 14.1. The number of carbonyl (C=O) groups is 3. The first-order valence-electron chi connectivity index (χ1n) is 11.1. The Hall–Kier alpha value is -3.98. The molecule has 1 atom stereocenters. The number of Topliss-reactive ketones (excluding diaryl/α,β-unsaturated/α-hetero) is 1. The number of halogens is 1. The third-order valence-electron chi connectivity index (χ3n) is 5.81. The molecule has 2 aromatic carbocycles. The Morgan fingerprint density at radius 1 is 1.06 bits per heavy atom. The molecule has 0 spiro atoms. The number of carbonyl (C=O) groups excluding carboxylic acids is 3. The monoisotopic (exact) mass is 550 g/mol. The lowest BCUT2D eigenvalue weighted by Gasteiger charge is -2.25. The molecule has 1 fully saturated rings. The van der Waals surface area contributed by atoms with Gasteiger partial charge in [0, 0.05) is 24.5 Å². The second kappa shape index (κ2) is 10.7. The summed E-state index contributed by atoms with van der Waals surface area (Å²) < 4.78 is 10.8. The van der Waals surface area contributed by atoms with E-state index in [0.29, 0.717) is 32.5 Å². The van der Waals surface area contributed by atoms with Crippen molar-refractivity contribution in [2.45, 2.75) is 19.5 Å². The van der Waals surface area contributed by atoms with Gasteiger partial charge in [0.2, 0.25) is 0 Å². The van der Waals surface area contributed by atoms with E-state index in [1.807, 2.05) is 0 Å². The van der Waals surface area contributed by atoms with Gasteiger partial charge in [-0.2, -0.15) is 0 Å². The van der Waals surface area contributed by atoms with E-state index in [9.17, 15) is 19.5 Å². The third kappa shape index (κ3) is 4.87. The summed E-state index contributed by atoms with van der Waals surface area (Å²) in [4.78, 5) is 43.8. The number of pyridine rings is 1. The quantitative estimate of drug-likeness (QED) is 0.197. The van der Waals surface area contributed by atoms with Crippen LogP contribution >= 0.6 is 15.9 Å². The van der Waals surface area contributed by atoms with Gasteiger partial charge in [-0.1, -0.05) is 12.1 Å². The van der Waals surface area contributed by atoms with Gasteiger partial charge in [0.25, 0.3) is 11.7 Å². The molecular weight excluding hydrogens is 528 g/mol. The molecule has 1 saturated heterocycles. The average molecular weight is 551 g/mol. The number of benzene rings is 2. The zero-order valence-electron chi connectivity index (χ0n) is 19.6. The number of aliphatic hydroxyl groups excluding tert-OH is 1. The fourth-order valence-corrected chi connectivity index (χ4v) is 4.60. The van der Waals surface area contributed by atoms with Crippen LogP contribution in [0, 0.1) is 0 Å². The molecule has 4 rings (SSSR count). The molecule has 1 N–H and O–H groups in total. The van der Waals surface area contributed by atoms with Gasteiger partial charge < -0.3 is 19.5 Å². The fourth-order valence-electron chi connectivity index (χ4n) is 4.06. The summed E-state index contributed by atoms with van der Waals surface area (Å²) in [5.41, 5.74) is 2.06. The predicted molar refractivity (Wildman–Crippen MR) is 135 cm³/mol. The molecule has 0 aliphatic carbocycles. The number of likely N-dealkylation sites (tertiary alicyclic amines) is 1. The number of methoxy groups -OCH3 is 1. The van der Waals surface area contributed by atoms with Gasteiger partial charge in [0.1, 0.15) is 11.5 Å². The molecule has 8 nitrogen and oxygen atoms in total. The topological polar surface area (TPSA) is 106 Å². The van der Waals surface area contributed by atoms with Crippen molar-refractivity contribution >= 4 is 39.3 Å². The Morgan fingerprint density at radius 2 is 1.72 bits per heavy atom. The number of aliphatic hydroxyl groups is 1. The molecule has 3 aromatic rings. The summed E-state index contributed by atoms with van der Waals surface area (Å²) >= 11 is 3.39. The van der Waals surface area contributed by atoms with Gasteiger partial charge in [-0.3, -0.25) is 14.6 Å². The summed E-state index contributed by atoms with van der Waals surface area (Å²) in [7, 11) is 1.52. The number of esters is 1. The molecule has 184 valence electrons. The number of amides is 1. The SMILES string of the molecule is CCOC(=O)c1ccc(CN2C(=O)C(=O)/C(=C(\O)c3ccc(OC)c(Br)c3)C2c2ccncc2)cc1. The van der Waals surface area contributed by atoms with Crippen LogP contribution in [-0.2, 0) is 20.9 Å². The third-order valence-corrected chi connectivity index (χ3v) is 6.42. The fraction of sp³-hybridized carbons (Fsp3) is 0.185. The highest BCUT2D eigenvalue weighted by Crippen LogP contribution is 2.41. The van der Waals surface area contributed by atoms with E-state index >= 15 is 0 Å². The first kappa shape index (κ1) is 25.1. The smallest absolute Gasteiger partial charge is 0.338 e. The van der Waals surface area contributed by atoms with E-state index in [1.54, 1.807) is 73.9 Å². The van der Waals surface area contributed by atoms with Crippen LogP contribution in [0.2, 0.25) is 0 Å². The second-order valence-electron chi connectivity index (χ2n) is 7.97. The molecule has 2 heterocycles.